The standard InChI is InChI=1S/C20H39NO/c1-3-5-6-7-8-9-10-11-12-13-14-15-16-17-18-20(19-22)21-4-2/h21H,3-18H2,1-2H3. The van der Waals surface area contributed by atoms with Crippen LogP contribution in [0.1, 0.15) is 110 Å². The van der Waals surface area contributed by atoms with Crippen molar-refractivity contribution in [2.24, 2.45) is 0 Å². The summed E-state index contributed by atoms with van der Waals surface area (Å²) in [6.07, 6.45) is 20.1. The quantitative estimate of drug-likeness (QED) is 0.257. The summed E-state index contributed by atoms with van der Waals surface area (Å²) in [4.78, 5) is 10.6. The molecule has 0 atom stereocenters. The van der Waals surface area contributed by atoms with Gasteiger partial charge in [0.15, 0.2) is 0 Å². The molecule has 0 saturated heterocycles. The molecule has 0 heterocycles. The first kappa shape index (κ1) is 21.2. The summed E-state index contributed by atoms with van der Waals surface area (Å²) in [5.74, 6) is 2.01. The monoisotopic (exact) mass is 309 g/mol. The molecule has 2 nitrogen and oxygen atoms in total. The van der Waals surface area contributed by atoms with Crippen LogP contribution in [-0.2, 0) is 4.79 Å². The molecule has 0 fully saturated rings. The first-order valence-electron chi connectivity index (χ1n) is 9.83. The number of unbranched alkanes of at least 4 members (excludes halogenated alkanes) is 13. The fraction of sp³-hybridized carbons (Fsp3) is 0.900. The highest BCUT2D eigenvalue weighted by molar-refractivity contribution is 5.51. The summed E-state index contributed by atoms with van der Waals surface area (Å²) in [5.41, 5.74) is 0.751. The second-order valence-corrected chi connectivity index (χ2v) is 6.46. The largest absolute Gasteiger partial charge is 0.380 e. The molecule has 0 bridgehead atoms. The van der Waals surface area contributed by atoms with E-state index in [4.69, 9.17) is 0 Å². The molecule has 0 aliphatic carbocycles. The maximum atomic E-state index is 10.6. The molecule has 0 aromatic rings. The van der Waals surface area contributed by atoms with E-state index in [1.807, 2.05) is 12.9 Å². The molecule has 0 amide bonds. The molecule has 0 aliphatic heterocycles. The molecule has 2 heteroatoms. The molecule has 0 rings (SSSR count). The summed E-state index contributed by atoms with van der Waals surface area (Å²) in [6.45, 7) is 5.12. The van der Waals surface area contributed by atoms with Gasteiger partial charge in [-0.3, -0.25) is 0 Å². The molecule has 0 saturated carbocycles. The highest BCUT2D eigenvalue weighted by atomic mass is 16.1. The smallest absolute Gasteiger partial charge is 0.145 e. The van der Waals surface area contributed by atoms with E-state index in [2.05, 4.69) is 12.2 Å². The van der Waals surface area contributed by atoms with Gasteiger partial charge in [-0.25, -0.2) is 4.79 Å². The van der Waals surface area contributed by atoms with Crippen molar-refractivity contribution in [1.29, 1.82) is 0 Å². The molecule has 0 radical (unpaired) electrons. The van der Waals surface area contributed by atoms with Crippen molar-refractivity contribution in [2.75, 3.05) is 6.54 Å². The zero-order chi connectivity index (χ0) is 16.3. The van der Waals surface area contributed by atoms with Gasteiger partial charge in [0, 0.05) is 6.54 Å². The zero-order valence-corrected chi connectivity index (χ0v) is 15.2. The zero-order valence-electron chi connectivity index (χ0n) is 15.2. The number of hydrogen-bond acceptors (Lipinski definition) is 2. The molecule has 0 aromatic carbocycles. The maximum Gasteiger partial charge on any atom is 0.145 e. The lowest BCUT2D eigenvalue weighted by atomic mass is 10.0. The molecule has 0 unspecified atom stereocenters. The first-order valence-corrected chi connectivity index (χ1v) is 9.83. The van der Waals surface area contributed by atoms with E-state index >= 15 is 0 Å². The number of allylic oxidation sites excluding steroid dienone is 1. The van der Waals surface area contributed by atoms with Gasteiger partial charge < -0.3 is 5.32 Å². The van der Waals surface area contributed by atoms with E-state index in [9.17, 15) is 4.79 Å². The minimum atomic E-state index is 0.751. The van der Waals surface area contributed by atoms with Gasteiger partial charge in [0.05, 0.1) is 5.70 Å². The van der Waals surface area contributed by atoms with Crippen LogP contribution in [0, 0.1) is 0 Å². The van der Waals surface area contributed by atoms with Crippen molar-refractivity contribution in [3.8, 4) is 0 Å². The second kappa shape index (κ2) is 18.3. The third kappa shape index (κ3) is 15.6. The third-order valence-electron chi connectivity index (χ3n) is 4.29. The summed E-state index contributed by atoms with van der Waals surface area (Å²) in [6, 6.07) is 0. The predicted molar refractivity (Wildman–Crippen MR) is 97.8 cm³/mol. The van der Waals surface area contributed by atoms with Gasteiger partial charge in [-0.2, -0.15) is 0 Å². The molecule has 0 aromatic heterocycles. The van der Waals surface area contributed by atoms with Crippen LogP contribution in [0.15, 0.2) is 5.70 Å². The highest BCUT2D eigenvalue weighted by Crippen LogP contribution is 2.13. The normalized spacial score (nSPS) is 10.5. The summed E-state index contributed by atoms with van der Waals surface area (Å²) in [7, 11) is 0. The molecular weight excluding hydrogens is 270 g/mol. The molecule has 0 spiro atoms. The number of hydrogen-bond donors (Lipinski definition) is 1. The summed E-state index contributed by atoms with van der Waals surface area (Å²) in [5, 5.41) is 3.07. The van der Waals surface area contributed by atoms with Crippen LogP contribution in [0.25, 0.3) is 0 Å². The van der Waals surface area contributed by atoms with Crippen LogP contribution in [0.4, 0.5) is 0 Å². The third-order valence-corrected chi connectivity index (χ3v) is 4.29. The first-order chi connectivity index (χ1) is 10.8. The van der Waals surface area contributed by atoms with Gasteiger partial charge in [0.25, 0.3) is 0 Å². The lowest BCUT2D eigenvalue weighted by Crippen LogP contribution is -2.12. The van der Waals surface area contributed by atoms with Crippen molar-refractivity contribution in [2.45, 2.75) is 110 Å². The molecule has 0 aliphatic rings. The van der Waals surface area contributed by atoms with E-state index in [-0.39, 0.29) is 0 Å². The van der Waals surface area contributed by atoms with Crippen LogP contribution in [0.2, 0.25) is 0 Å². The lowest BCUT2D eigenvalue weighted by molar-refractivity contribution is 0.533. The highest BCUT2D eigenvalue weighted by Gasteiger charge is 1.97. The van der Waals surface area contributed by atoms with Gasteiger partial charge in [-0.15, -0.1) is 0 Å². The molecule has 130 valence electrons. The molecule has 1 N–H and O–H groups in total. The van der Waals surface area contributed by atoms with Crippen molar-refractivity contribution >= 4 is 5.94 Å². The Hall–Kier alpha value is -0.750. The van der Waals surface area contributed by atoms with Crippen LogP contribution >= 0.6 is 0 Å². The Balaban J connectivity index is 3.13. The Bertz CT molecular complexity index is 269. The van der Waals surface area contributed by atoms with Gasteiger partial charge in [0.1, 0.15) is 5.94 Å². The van der Waals surface area contributed by atoms with E-state index in [0.29, 0.717) is 0 Å². The van der Waals surface area contributed by atoms with Crippen LogP contribution in [0.5, 0.6) is 0 Å². The number of carbonyl (C=O) groups excluding carboxylic acids is 1. The van der Waals surface area contributed by atoms with Crippen molar-refractivity contribution in [1.82, 2.24) is 5.32 Å². The van der Waals surface area contributed by atoms with E-state index < -0.39 is 0 Å². The maximum absolute atomic E-state index is 10.6. The van der Waals surface area contributed by atoms with Gasteiger partial charge in [0.2, 0.25) is 0 Å². The SMILES string of the molecule is CCCCCCCCCCCCCCCCC(=C=O)NCC. The average molecular weight is 310 g/mol. The number of rotatable bonds is 17. The fourth-order valence-corrected chi connectivity index (χ4v) is 2.89. The molecule has 22 heavy (non-hydrogen) atoms. The lowest BCUT2D eigenvalue weighted by Gasteiger charge is -2.05. The minimum absolute atomic E-state index is 0.751. The Kier molecular flexibility index (Phi) is 17.7. The Morgan fingerprint density at radius 2 is 1.09 bits per heavy atom. The number of nitrogens with one attached hydrogen (secondary N) is 1. The van der Waals surface area contributed by atoms with Crippen LogP contribution < -0.4 is 5.32 Å². The Morgan fingerprint density at radius 3 is 1.45 bits per heavy atom. The topological polar surface area (TPSA) is 29.1 Å². The van der Waals surface area contributed by atoms with Gasteiger partial charge in [-0.1, -0.05) is 90.4 Å². The predicted octanol–water partition coefficient (Wildman–Crippen LogP) is 6.18. The van der Waals surface area contributed by atoms with Crippen molar-refractivity contribution in [3.63, 3.8) is 0 Å². The van der Waals surface area contributed by atoms with Crippen molar-refractivity contribution < 1.29 is 4.79 Å². The second-order valence-electron chi connectivity index (χ2n) is 6.46. The minimum Gasteiger partial charge on any atom is -0.380 e. The van der Waals surface area contributed by atoms with Crippen LogP contribution in [0.3, 0.4) is 0 Å². The Morgan fingerprint density at radius 1 is 0.682 bits per heavy atom. The average Bonchev–Trinajstić information content (AvgIpc) is 2.54. The summed E-state index contributed by atoms with van der Waals surface area (Å²) < 4.78 is 0. The van der Waals surface area contributed by atoms with Gasteiger partial charge in [-0.05, 0) is 19.8 Å². The van der Waals surface area contributed by atoms with E-state index in [0.717, 1.165) is 25.1 Å². The van der Waals surface area contributed by atoms with E-state index in [1.54, 1.807) is 0 Å². The summed E-state index contributed by atoms with van der Waals surface area (Å²) >= 11 is 0. The Labute approximate surface area is 139 Å². The van der Waals surface area contributed by atoms with Gasteiger partial charge >= 0.3 is 0 Å². The van der Waals surface area contributed by atoms with Crippen molar-refractivity contribution in [3.05, 3.63) is 5.70 Å². The fourth-order valence-electron chi connectivity index (χ4n) is 2.89. The van der Waals surface area contributed by atoms with E-state index in [1.165, 1.54) is 83.5 Å². The molecular formula is C20H39NO. The van der Waals surface area contributed by atoms with Crippen LogP contribution in [-0.4, -0.2) is 12.5 Å².